The Hall–Kier alpha value is -0.660. The van der Waals surface area contributed by atoms with Gasteiger partial charge in [0.1, 0.15) is 10.7 Å². The van der Waals surface area contributed by atoms with Crippen molar-refractivity contribution in [3.8, 4) is 0 Å². The number of rotatable bonds is 4. The zero-order chi connectivity index (χ0) is 14.8. The summed E-state index contributed by atoms with van der Waals surface area (Å²) < 4.78 is 28.1. The number of pyridine rings is 1. The van der Waals surface area contributed by atoms with E-state index in [0.717, 1.165) is 31.6 Å². The van der Waals surface area contributed by atoms with Gasteiger partial charge in [-0.25, -0.2) is 18.1 Å². The molecule has 0 saturated heterocycles. The Morgan fingerprint density at radius 1 is 1.40 bits per heavy atom. The van der Waals surface area contributed by atoms with E-state index in [-0.39, 0.29) is 16.8 Å². The molecule has 1 aromatic rings. The number of nitrogens with two attached hydrogens (primary N) is 1. The van der Waals surface area contributed by atoms with Crippen LogP contribution in [0.3, 0.4) is 0 Å². The fourth-order valence-corrected chi connectivity index (χ4v) is 4.51. The second kappa shape index (κ2) is 6.41. The largest absolute Gasteiger partial charge is 0.383 e. The lowest BCUT2D eigenvalue weighted by Gasteiger charge is -2.28. The molecule has 1 fully saturated rings. The Balaban J connectivity index is 2.10. The molecule has 112 valence electrons. The molecule has 7 heteroatoms. The van der Waals surface area contributed by atoms with Gasteiger partial charge in [-0.2, -0.15) is 0 Å². The summed E-state index contributed by atoms with van der Waals surface area (Å²) in [6, 6.07) is 1.49. The van der Waals surface area contributed by atoms with E-state index < -0.39 is 10.0 Å². The molecule has 0 radical (unpaired) electrons. The maximum atomic E-state index is 12.4. The van der Waals surface area contributed by atoms with Crippen LogP contribution in [0, 0.1) is 5.92 Å². The van der Waals surface area contributed by atoms with Crippen LogP contribution >= 0.6 is 15.9 Å². The minimum atomic E-state index is -3.60. The molecule has 5 nitrogen and oxygen atoms in total. The van der Waals surface area contributed by atoms with Gasteiger partial charge in [-0.05, 0) is 53.6 Å². The van der Waals surface area contributed by atoms with Crippen molar-refractivity contribution in [2.45, 2.75) is 50.0 Å². The number of nitrogen functional groups attached to an aromatic ring is 1. The number of sulfonamides is 1. The summed E-state index contributed by atoms with van der Waals surface area (Å²) in [4.78, 5) is 3.92. The average Bonchev–Trinajstić information content (AvgIpc) is 2.42. The molecule has 2 rings (SSSR count). The maximum absolute atomic E-state index is 12.4. The number of halogens is 1. The van der Waals surface area contributed by atoms with Crippen molar-refractivity contribution in [1.29, 1.82) is 0 Å². The molecule has 0 spiro atoms. The van der Waals surface area contributed by atoms with Gasteiger partial charge in [0.15, 0.2) is 0 Å². The highest BCUT2D eigenvalue weighted by Gasteiger charge is 2.26. The number of aromatic nitrogens is 1. The van der Waals surface area contributed by atoms with Crippen molar-refractivity contribution in [3.05, 3.63) is 16.7 Å². The molecule has 0 aliphatic heterocycles. The number of nitrogens with one attached hydrogen (secondary N) is 1. The molecular weight excluding hydrogens is 342 g/mol. The van der Waals surface area contributed by atoms with Crippen molar-refractivity contribution in [3.63, 3.8) is 0 Å². The molecule has 0 unspecified atom stereocenters. The second-order valence-corrected chi connectivity index (χ2v) is 7.88. The zero-order valence-corrected chi connectivity index (χ0v) is 13.9. The molecular formula is C13H20BrN3O2S. The van der Waals surface area contributed by atoms with Crippen LogP contribution in [0.5, 0.6) is 0 Å². The minimum absolute atomic E-state index is 0.00109. The van der Waals surface area contributed by atoms with Crippen LogP contribution in [0.25, 0.3) is 0 Å². The number of anilines is 1. The summed E-state index contributed by atoms with van der Waals surface area (Å²) >= 11 is 3.22. The van der Waals surface area contributed by atoms with Crippen molar-refractivity contribution in [1.82, 2.24) is 9.71 Å². The van der Waals surface area contributed by atoms with E-state index in [1.54, 1.807) is 0 Å². The Morgan fingerprint density at radius 2 is 2.05 bits per heavy atom. The van der Waals surface area contributed by atoms with Gasteiger partial charge in [-0.3, -0.25) is 0 Å². The smallest absolute Gasteiger partial charge is 0.244 e. The molecule has 20 heavy (non-hydrogen) atoms. The van der Waals surface area contributed by atoms with Crippen molar-refractivity contribution in [2.24, 2.45) is 5.92 Å². The van der Waals surface area contributed by atoms with Gasteiger partial charge in [0.25, 0.3) is 0 Å². The Kier molecular flexibility index (Phi) is 5.04. The first-order valence-electron chi connectivity index (χ1n) is 6.85. The van der Waals surface area contributed by atoms with E-state index in [0.29, 0.717) is 4.47 Å². The molecule has 1 aliphatic carbocycles. The summed E-state index contributed by atoms with van der Waals surface area (Å²) in [5.74, 6) is 0.760. The Labute approximate surface area is 128 Å². The lowest BCUT2D eigenvalue weighted by atomic mass is 9.85. The van der Waals surface area contributed by atoms with Crippen LogP contribution in [-0.4, -0.2) is 19.4 Å². The van der Waals surface area contributed by atoms with Crippen molar-refractivity contribution in [2.75, 3.05) is 5.73 Å². The molecule has 0 atom stereocenters. The molecule has 0 aromatic carbocycles. The van der Waals surface area contributed by atoms with E-state index in [2.05, 4.69) is 32.6 Å². The van der Waals surface area contributed by atoms with Gasteiger partial charge in [-0.15, -0.1) is 0 Å². The molecule has 3 N–H and O–H groups in total. The fourth-order valence-electron chi connectivity index (χ4n) is 2.62. The van der Waals surface area contributed by atoms with Gasteiger partial charge in [-0.1, -0.05) is 13.3 Å². The van der Waals surface area contributed by atoms with Gasteiger partial charge in [0.05, 0.1) is 0 Å². The first kappa shape index (κ1) is 15.7. The lowest BCUT2D eigenvalue weighted by Crippen LogP contribution is -2.37. The van der Waals surface area contributed by atoms with Crippen LogP contribution in [-0.2, 0) is 10.0 Å². The third kappa shape index (κ3) is 3.71. The molecule has 1 aliphatic rings. The second-order valence-electron chi connectivity index (χ2n) is 5.28. The van der Waals surface area contributed by atoms with E-state index in [4.69, 9.17) is 5.73 Å². The van der Waals surface area contributed by atoms with Crippen LogP contribution in [0.4, 0.5) is 5.82 Å². The first-order valence-corrected chi connectivity index (χ1v) is 9.13. The zero-order valence-electron chi connectivity index (χ0n) is 11.5. The number of hydrogen-bond acceptors (Lipinski definition) is 4. The van der Waals surface area contributed by atoms with Gasteiger partial charge < -0.3 is 5.73 Å². The monoisotopic (exact) mass is 361 g/mol. The first-order chi connectivity index (χ1) is 9.42. The quantitative estimate of drug-likeness (QED) is 0.862. The molecule has 0 amide bonds. The Morgan fingerprint density at radius 3 is 2.65 bits per heavy atom. The fraction of sp³-hybridized carbons (Fsp3) is 0.615. The van der Waals surface area contributed by atoms with Crippen LogP contribution in [0.2, 0.25) is 0 Å². The van der Waals surface area contributed by atoms with Crippen molar-refractivity contribution >= 4 is 31.8 Å². The molecule has 0 bridgehead atoms. The van der Waals surface area contributed by atoms with Crippen LogP contribution < -0.4 is 10.5 Å². The summed E-state index contributed by atoms with van der Waals surface area (Å²) in [5.41, 5.74) is 5.67. The predicted octanol–water partition coefficient (Wildman–Crippen LogP) is 2.67. The average molecular weight is 362 g/mol. The highest BCUT2D eigenvalue weighted by Crippen LogP contribution is 2.28. The van der Waals surface area contributed by atoms with Gasteiger partial charge >= 0.3 is 0 Å². The molecule has 1 saturated carbocycles. The van der Waals surface area contributed by atoms with Crippen molar-refractivity contribution < 1.29 is 8.42 Å². The van der Waals surface area contributed by atoms with E-state index in [1.165, 1.54) is 18.7 Å². The summed E-state index contributed by atoms with van der Waals surface area (Å²) in [5, 5.41) is 0. The molecule has 1 heterocycles. The third-order valence-corrected chi connectivity index (χ3v) is 5.87. The van der Waals surface area contributed by atoms with Gasteiger partial charge in [0.2, 0.25) is 10.0 Å². The van der Waals surface area contributed by atoms with E-state index >= 15 is 0 Å². The Bertz CT molecular complexity index is 569. The molecule has 1 aromatic heterocycles. The number of hydrogen-bond donors (Lipinski definition) is 2. The van der Waals surface area contributed by atoms with Crippen LogP contribution in [0.1, 0.15) is 39.0 Å². The van der Waals surface area contributed by atoms with Crippen LogP contribution in [0.15, 0.2) is 21.6 Å². The third-order valence-electron chi connectivity index (χ3n) is 3.88. The predicted molar refractivity (Wildman–Crippen MR) is 82.7 cm³/mol. The highest BCUT2D eigenvalue weighted by atomic mass is 79.9. The lowest BCUT2D eigenvalue weighted by molar-refractivity contribution is 0.306. The normalized spacial score (nSPS) is 23.7. The topological polar surface area (TPSA) is 85.1 Å². The van der Waals surface area contributed by atoms with Gasteiger partial charge in [0, 0.05) is 16.7 Å². The minimum Gasteiger partial charge on any atom is -0.383 e. The number of nitrogens with zero attached hydrogens (tertiary/aromatic N) is 1. The SMILES string of the molecule is CCC1CCC(NS(=O)(=O)c2cc(Br)cnc2N)CC1. The summed E-state index contributed by atoms with van der Waals surface area (Å²) in [6.07, 6.45) is 6.59. The standard InChI is InChI=1S/C13H20BrN3O2S/c1-2-9-3-5-11(6-4-9)17-20(18,19)12-7-10(14)8-16-13(12)15/h7-9,11,17H,2-6H2,1H3,(H2,15,16). The highest BCUT2D eigenvalue weighted by molar-refractivity contribution is 9.10. The maximum Gasteiger partial charge on any atom is 0.244 e. The van der Waals surface area contributed by atoms with E-state index in [1.807, 2.05) is 0 Å². The summed E-state index contributed by atoms with van der Waals surface area (Å²) in [7, 11) is -3.60. The summed E-state index contributed by atoms with van der Waals surface area (Å²) in [6.45, 7) is 2.18. The van der Waals surface area contributed by atoms with E-state index in [9.17, 15) is 8.42 Å².